The summed E-state index contributed by atoms with van der Waals surface area (Å²) in [5, 5.41) is 8.68. The molecule has 0 bridgehead atoms. The van der Waals surface area contributed by atoms with E-state index < -0.39 is 5.97 Å². The van der Waals surface area contributed by atoms with Crippen molar-refractivity contribution in [3.05, 3.63) is 33.1 Å². The number of fused-ring (bicyclic) bond motifs is 1. The quantitative estimate of drug-likeness (QED) is 0.390. The molecule has 0 radical (unpaired) electrons. The third kappa shape index (κ3) is 3.95. The van der Waals surface area contributed by atoms with Gasteiger partial charge in [0.25, 0.3) is 11.8 Å². The van der Waals surface area contributed by atoms with Gasteiger partial charge in [-0.3, -0.25) is 19.3 Å². The smallest absolute Gasteiger partial charge is 0.303 e. The minimum atomic E-state index is -0.820. The number of thiocarbonyl (C=S) groups is 1. The summed E-state index contributed by atoms with van der Waals surface area (Å²) in [4.78, 5) is 39.6. The van der Waals surface area contributed by atoms with Crippen LogP contribution in [-0.4, -0.2) is 45.7 Å². The molecule has 2 aliphatic heterocycles. The van der Waals surface area contributed by atoms with Crippen LogP contribution in [0, 0.1) is 0 Å². The summed E-state index contributed by atoms with van der Waals surface area (Å²) in [6, 6.07) is 5.53. The highest BCUT2D eigenvalue weighted by Gasteiger charge is 2.40. The molecular weight excluding hydrogens is 452 g/mol. The van der Waals surface area contributed by atoms with Crippen LogP contribution in [0.4, 0.5) is 5.69 Å². The number of carbonyl (C=O) groups excluding carboxylic acids is 2. The summed E-state index contributed by atoms with van der Waals surface area (Å²) in [5.41, 5.74) is 1.87. The number of carboxylic acids is 1. The first kappa shape index (κ1) is 20.0. The molecule has 1 saturated heterocycles. The second-order valence-corrected chi connectivity index (χ2v) is 8.82. The minimum absolute atomic E-state index is 0.120. The molecule has 1 aromatic carbocycles. The Labute approximate surface area is 174 Å². The minimum Gasteiger partial charge on any atom is -0.481 e. The maximum atomic E-state index is 12.9. The van der Waals surface area contributed by atoms with Crippen molar-refractivity contribution in [1.82, 2.24) is 4.90 Å². The molecule has 27 heavy (non-hydrogen) atoms. The van der Waals surface area contributed by atoms with Crippen LogP contribution in [0.2, 0.25) is 0 Å². The zero-order chi connectivity index (χ0) is 19.7. The lowest BCUT2D eigenvalue weighted by Gasteiger charge is -2.14. The van der Waals surface area contributed by atoms with Crippen LogP contribution in [0.3, 0.4) is 0 Å². The molecule has 1 aromatic rings. The van der Waals surface area contributed by atoms with E-state index >= 15 is 0 Å². The van der Waals surface area contributed by atoms with Gasteiger partial charge in [0, 0.05) is 30.0 Å². The highest BCUT2D eigenvalue weighted by Crippen LogP contribution is 2.44. The monoisotopic (exact) mass is 468 g/mol. The van der Waals surface area contributed by atoms with E-state index in [0.29, 0.717) is 40.6 Å². The third-order valence-corrected chi connectivity index (χ3v) is 6.40. The Morgan fingerprint density at radius 3 is 2.67 bits per heavy atom. The summed E-state index contributed by atoms with van der Waals surface area (Å²) in [6.07, 6.45) is 2.05. The van der Waals surface area contributed by atoms with Crippen LogP contribution >= 0.6 is 39.9 Å². The predicted molar refractivity (Wildman–Crippen MR) is 112 cm³/mol. The van der Waals surface area contributed by atoms with E-state index in [1.165, 1.54) is 9.80 Å². The first-order valence-electron chi connectivity index (χ1n) is 8.39. The van der Waals surface area contributed by atoms with Gasteiger partial charge in [-0.15, -0.1) is 0 Å². The van der Waals surface area contributed by atoms with Gasteiger partial charge in [0.1, 0.15) is 4.32 Å². The summed E-state index contributed by atoms with van der Waals surface area (Å²) < 4.78 is 1.26. The van der Waals surface area contributed by atoms with Gasteiger partial charge in [-0.05, 0) is 31.0 Å². The molecule has 0 aromatic heterocycles. The van der Waals surface area contributed by atoms with E-state index in [1.807, 2.05) is 18.2 Å². The Morgan fingerprint density at radius 1 is 1.22 bits per heavy atom. The average Bonchev–Trinajstić information content (AvgIpc) is 3.01. The standard InChI is InChI=1S/C18H17BrN2O4S2/c1-20-12-7-6-10(19)9-11(12)14(16(20)24)15-17(25)21(18(26)27-15)8-4-2-3-5-13(22)23/h6-7,9H,2-5,8H2,1H3,(H,22,23). The molecule has 142 valence electrons. The van der Waals surface area contributed by atoms with Crippen molar-refractivity contribution < 1.29 is 19.5 Å². The number of likely N-dealkylation sites (N-methyl/N-ethyl adjacent to an activating group) is 1. The number of carbonyl (C=O) groups is 3. The molecule has 3 rings (SSSR count). The molecule has 9 heteroatoms. The molecule has 0 unspecified atom stereocenters. The summed E-state index contributed by atoms with van der Waals surface area (Å²) in [5.74, 6) is -1.29. The predicted octanol–water partition coefficient (Wildman–Crippen LogP) is 3.64. The van der Waals surface area contributed by atoms with Crippen molar-refractivity contribution in [2.75, 3.05) is 18.5 Å². The average molecular weight is 469 g/mol. The van der Waals surface area contributed by atoms with Crippen LogP contribution in [-0.2, 0) is 14.4 Å². The van der Waals surface area contributed by atoms with Gasteiger partial charge in [-0.1, -0.05) is 46.3 Å². The van der Waals surface area contributed by atoms with Gasteiger partial charge >= 0.3 is 5.97 Å². The molecular formula is C18H17BrN2O4S2. The van der Waals surface area contributed by atoms with Crippen molar-refractivity contribution in [1.29, 1.82) is 0 Å². The molecule has 2 amide bonds. The zero-order valence-corrected chi connectivity index (χ0v) is 17.7. The number of halogens is 1. The number of amides is 2. The fourth-order valence-electron chi connectivity index (χ4n) is 3.08. The lowest BCUT2D eigenvalue weighted by atomic mass is 10.1. The highest BCUT2D eigenvalue weighted by molar-refractivity contribution is 9.10. The zero-order valence-electron chi connectivity index (χ0n) is 14.5. The van der Waals surface area contributed by atoms with Gasteiger partial charge in [0.15, 0.2) is 0 Å². The largest absolute Gasteiger partial charge is 0.481 e. The molecule has 2 aliphatic rings. The molecule has 6 nitrogen and oxygen atoms in total. The molecule has 1 N–H and O–H groups in total. The third-order valence-electron chi connectivity index (χ3n) is 4.46. The summed E-state index contributed by atoms with van der Waals surface area (Å²) in [7, 11) is 1.69. The van der Waals surface area contributed by atoms with Gasteiger partial charge in [0.05, 0.1) is 16.2 Å². The fourth-order valence-corrected chi connectivity index (χ4v) is 4.82. The molecule has 0 atom stereocenters. The number of nitrogens with zero attached hydrogens (tertiary/aromatic N) is 2. The second-order valence-electron chi connectivity index (χ2n) is 6.26. The van der Waals surface area contributed by atoms with Gasteiger partial charge in [-0.25, -0.2) is 0 Å². The van der Waals surface area contributed by atoms with Crippen LogP contribution in [0.5, 0.6) is 0 Å². The second kappa shape index (κ2) is 8.12. The molecule has 1 fully saturated rings. The maximum Gasteiger partial charge on any atom is 0.303 e. The number of anilines is 1. The first-order valence-corrected chi connectivity index (χ1v) is 10.4. The number of carboxylic acid groups (broad SMARTS) is 1. The number of thioether (sulfide) groups is 1. The Hall–Kier alpha value is -1.71. The normalized spacial score (nSPS) is 19.3. The van der Waals surface area contributed by atoms with Crippen LogP contribution in [0.1, 0.15) is 31.2 Å². The highest BCUT2D eigenvalue weighted by atomic mass is 79.9. The van der Waals surface area contributed by atoms with E-state index in [2.05, 4.69) is 15.9 Å². The summed E-state index contributed by atoms with van der Waals surface area (Å²) in [6.45, 7) is 0.427. The van der Waals surface area contributed by atoms with E-state index in [1.54, 1.807) is 7.05 Å². The number of hydrogen-bond acceptors (Lipinski definition) is 5. The summed E-state index contributed by atoms with van der Waals surface area (Å²) >= 11 is 9.92. The van der Waals surface area contributed by atoms with Crippen molar-refractivity contribution in [2.45, 2.75) is 25.7 Å². The van der Waals surface area contributed by atoms with Gasteiger partial charge in [0.2, 0.25) is 0 Å². The van der Waals surface area contributed by atoms with Crippen LogP contribution < -0.4 is 4.90 Å². The van der Waals surface area contributed by atoms with E-state index in [0.717, 1.165) is 27.5 Å². The molecule has 0 saturated carbocycles. The van der Waals surface area contributed by atoms with Crippen molar-refractivity contribution in [3.63, 3.8) is 0 Å². The first-order chi connectivity index (χ1) is 12.8. The Bertz CT molecular complexity index is 884. The van der Waals surface area contributed by atoms with Crippen LogP contribution in [0.15, 0.2) is 27.6 Å². The molecule has 0 spiro atoms. The van der Waals surface area contributed by atoms with Crippen molar-refractivity contribution >= 4 is 73.3 Å². The van der Waals surface area contributed by atoms with E-state index in [-0.39, 0.29) is 18.2 Å². The Balaban J connectivity index is 1.81. The van der Waals surface area contributed by atoms with Gasteiger partial charge in [-0.2, -0.15) is 0 Å². The molecule has 2 heterocycles. The SMILES string of the molecule is CN1C(=O)C(=C2SC(=S)N(CCCCCC(=O)O)C2=O)c2cc(Br)ccc21. The number of benzene rings is 1. The van der Waals surface area contributed by atoms with Crippen LogP contribution in [0.25, 0.3) is 5.57 Å². The fraction of sp³-hybridized carbons (Fsp3) is 0.333. The Morgan fingerprint density at radius 2 is 1.96 bits per heavy atom. The number of hydrogen-bond donors (Lipinski definition) is 1. The number of aliphatic carboxylic acids is 1. The molecule has 0 aliphatic carbocycles. The number of unbranched alkanes of at least 4 members (excludes halogenated alkanes) is 2. The van der Waals surface area contributed by atoms with E-state index in [9.17, 15) is 14.4 Å². The van der Waals surface area contributed by atoms with E-state index in [4.69, 9.17) is 17.3 Å². The van der Waals surface area contributed by atoms with Crippen molar-refractivity contribution in [3.8, 4) is 0 Å². The van der Waals surface area contributed by atoms with Gasteiger partial charge < -0.3 is 10.0 Å². The topological polar surface area (TPSA) is 77.9 Å². The lowest BCUT2D eigenvalue weighted by molar-refractivity contribution is -0.137. The van der Waals surface area contributed by atoms with Crippen molar-refractivity contribution in [2.24, 2.45) is 0 Å². The number of rotatable bonds is 6. The lowest BCUT2D eigenvalue weighted by Crippen LogP contribution is -2.29. The maximum absolute atomic E-state index is 12.9. The Kier molecular flexibility index (Phi) is 6.02.